The number of anilines is 1. The summed E-state index contributed by atoms with van der Waals surface area (Å²) >= 11 is 0. The van der Waals surface area contributed by atoms with Crippen molar-refractivity contribution >= 4 is 27.8 Å². The summed E-state index contributed by atoms with van der Waals surface area (Å²) in [6, 6.07) is 9.08. The summed E-state index contributed by atoms with van der Waals surface area (Å²) in [5, 5.41) is 2.29. The van der Waals surface area contributed by atoms with Gasteiger partial charge in [-0.25, -0.2) is 4.98 Å². The van der Waals surface area contributed by atoms with Gasteiger partial charge in [0.2, 0.25) is 5.71 Å². The van der Waals surface area contributed by atoms with Crippen molar-refractivity contribution in [1.29, 1.82) is 0 Å². The lowest BCUT2D eigenvalue weighted by Crippen LogP contribution is -2.37. The number of piperidine rings is 1. The van der Waals surface area contributed by atoms with E-state index >= 15 is 0 Å². The smallest absolute Gasteiger partial charge is 0.227 e. The molecular formula is C19H21N3O. The molecule has 0 aliphatic carbocycles. The van der Waals surface area contributed by atoms with Gasteiger partial charge in [0.1, 0.15) is 0 Å². The molecule has 2 saturated heterocycles. The Morgan fingerprint density at radius 3 is 3.00 bits per heavy atom. The third kappa shape index (κ3) is 1.78. The maximum absolute atomic E-state index is 6.20. The van der Waals surface area contributed by atoms with Crippen molar-refractivity contribution in [2.75, 3.05) is 18.0 Å². The number of rotatable bonds is 1. The molecular weight excluding hydrogens is 286 g/mol. The van der Waals surface area contributed by atoms with Gasteiger partial charge in [-0.2, -0.15) is 0 Å². The first-order valence-corrected chi connectivity index (χ1v) is 8.53. The zero-order chi connectivity index (χ0) is 15.6. The predicted molar refractivity (Wildman–Crippen MR) is 92.8 cm³/mol. The first-order valence-electron chi connectivity index (χ1n) is 8.53. The van der Waals surface area contributed by atoms with E-state index in [-0.39, 0.29) is 0 Å². The largest absolute Gasteiger partial charge is 0.436 e. The molecule has 2 aliphatic rings. The quantitative estimate of drug-likeness (QED) is 0.682. The van der Waals surface area contributed by atoms with Gasteiger partial charge >= 0.3 is 0 Å². The van der Waals surface area contributed by atoms with Crippen LogP contribution in [0.4, 0.5) is 5.69 Å². The number of benzene rings is 1. The lowest BCUT2D eigenvalue weighted by atomic mass is 10.0. The normalized spacial score (nSPS) is 27.2. The van der Waals surface area contributed by atoms with Crippen LogP contribution in [0.5, 0.6) is 0 Å². The summed E-state index contributed by atoms with van der Waals surface area (Å²) in [5.74, 6) is 0. The van der Waals surface area contributed by atoms with Crippen LogP contribution < -0.4 is 4.90 Å². The fourth-order valence-electron chi connectivity index (χ4n) is 4.48. The van der Waals surface area contributed by atoms with Crippen molar-refractivity contribution in [3.8, 4) is 0 Å². The Bertz CT molecular complexity index is 898. The van der Waals surface area contributed by atoms with Crippen LogP contribution in [0.25, 0.3) is 22.1 Å². The zero-order valence-electron chi connectivity index (χ0n) is 13.6. The molecule has 0 amide bonds. The minimum atomic E-state index is 0.438. The van der Waals surface area contributed by atoms with Crippen LogP contribution in [0.1, 0.15) is 25.3 Å². The molecule has 0 saturated carbocycles. The maximum Gasteiger partial charge on any atom is 0.227 e. The van der Waals surface area contributed by atoms with E-state index in [1.807, 2.05) is 6.07 Å². The molecule has 2 aliphatic heterocycles. The van der Waals surface area contributed by atoms with Crippen molar-refractivity contribution in [2.24, 2.45) is 0 Å². The number of nitrogens with zero attached hydrogens (tertiary/aromatic N) is 3. The molecule has 2 bridgehead atoms. The second-order valence-corrected chi connectivity index (χ2v) is 6.90. The number of aromatic nitrogens is 1. The van der Waals surface area contributed by atoms with Crippen molar-refractivity contribution < 1.29 is 4.42 Å². The van der Waals surface area contributed by atoms with E-state index in [2.05, 4.69) is 46.8 Å². The Kier molecular flexibility index (Phi) is 2.74. The highest BCUT2D eigenvalue weighted by atomic mass is 16.3. The molecule has 5 rings (SSSR count). The summed E-state index contributed by atoms with van der Waals surface area (Å²) in [6.07, 6.45) is 4.80. The summed E-state index contributed by atoms with van der Waals surface area (Å²) in [5.41, 5.74) is 4.29. The topological polar surface area (TPSA) is 32.5 Å². The molecule has 4 nitrogen and oxygen atoms in total. The Balaban J connectivity index is 1.79. The molecule has 2 aromatic heterocycles. The number of furan rings is 1. The van der Waals surface area contributed by atoms with Crippen LogP contribution >= 0.6 is 0 Å². The molecule has 4 heterocycles. The van der Waals surface area contributed by atoms with Crippen LogP contribution in [0.15, 0.2) is 34.9 Å². The summed E-state index contributed by atoms with van der Waals surface area (Å²) in [7, 11) is 0. The van der Waals surface area contributed by atoms with E-state index in [1.165, 1.54) is 42.6 Å². The zero-order valence-corrected chi connectivity index (χ0v) is 13.6. The Morgan fingerprint density at radius 1 is 1.22 bits per heavy atom. The van der Waals surface area contributed by atoms with E-state index in [0.717, 1.165) is 16.7 Å². The van der Waals surface area contributed by atoms with Crippen LogP contribution in [0.2, 0.25) is 0 Å². The van der Waals surface area contributed by atoms with E-state index in [0.29, 0.717) is 12.2 Å². The average Bonchev–Trinajstić information content (AvgIpc) is 3.04. The molecule has 118 valence electrons. The van der Waals surface area contributed by atoms with Crippen LogP contribution in [0, 0.1) is 6.92 Å². The Morgan fingerprint density at radius 2 is 2.13 bits per heavy atom. The lowest BCUT2D eigenvalue weighted by molar-refractivity contribution is 0.244. The van der Waals surface area contributed by atoms with Gasteiger partial charge in [-0.3, -0.25) is 4.90 Å². The van der Waals surface area contributed by atoms with Gasteiger partial charge in [-0.15, -0.1) is 0 Å². The van der Waals surface area contributed by atoms with Crippen LogP contribution in [-0.2, 0) is 0 Å². The van der Waals surface area contributed by atoms with E-state index in [4.69, 9.17) is 4.42 Å². The van der Waals surface area contributed by atoms with Gasteiger partial charge in [0.25, 0.3) is 0 Å². The van der Waals surface area contributed by atoms with Gasteiger partial charge in [0, 0.05) is 36.1 Å². The molecule has 0 spiro atoms. The minimum absolute atomic E-state index is 0.438. The van der Waals surface area contributed by atoms with Gasteiger partial charge in [0.05, 0.1) is 11.9 Å². The van der Waals surface area contributed by atoms with Crippen LogP contribution in [-0.4, -0.2) is 35.2 Å². The molecule has 3 aromatic rings. The molecule has 1 aromatic carbocycles. The first kappa shape index (κ1) is 13.4. The molecule has 2 unspecified atom stereocenters. The SMILES string of the molecule is Cc1ccc2c(oc3ncccc32)c1N1C2CCCN(C2)[C@@H]1C. The molecule has 0 radical (unpaired) electrons. The first-order chi connectivity index (χ1) is 11.2. The Labute approximate surface area is 135 Å². The van der Waals surface area contributed by atoms with E-state index in [9.17, 15) is 0 Å². The highest BCUT2D eigenvalue weighted by Crippen LogP contribution is 2.42. The highest BCUT2D eigenvalue weighted by Gasteiger charge is 2.40. The van der Waals surface area contributed by atoms with E-state index < -0.39 is 0 Å². The number of hydrogen-bond donors (Lipinski definition) is 0. The van der Waals surface area contributed by atoms with Gasteiger partial charge in [-0.05, 0) is 44.4 Å². The standard InChI is InChI=1S/C19H21N3O/c1-12-7-8-15-16-6-3-9-20-19(16)23-18(15)17(12)22-13(2)21-10-4-5-14(22)11-21/h3,6-9,13-14H,4-5,10-11H2,1-2H3/t13-,14?/m0/s1. The maximum atomic E-state index is 6.20. The van der Waals surface area contributed by atoms with Crippen LogP contribution in [0.3, 0.4) is 0 Å². The average molecular weight is 307 g/mol. The number of hydrogen-bond acceptors (Lipinski definition) is 4. The highest BCUT2D eigenvalue weighted by molar-refractivity contribution is 6.08. The summed E-state index contributed by atoms with van der Waals surface area (Å²) in [6.45, 7) is 6.91. The minimum Gasteiger partial charge on any atom is -0.436 e. The molecule has 23 heavy (non-hydrogen) atoms. The van der Waals surface area contributed by atoms with Crippen molar-refractivity contribution in [1.82, 2.24) is 9.88 Å². The summed E-state index contributed by atoms with van der Waals surface area (Å²) < 4.78 is 6.20. The molecule has 3 atom stereocenters. The fourth-order valence-corrected chi connectivity index (χ4v) is 4.48. The molecule has 4 heteroatoms. The number of fused-ring (bicyclic) bond motifs is 5. The third-order valence-electron chi connectivity index (χ3n) is 5.60. The Hall–Kier alpha value is -2.07. The molecule has 2 fully saturated rings. The predicted octanol–water partition coefficient (Wildman–Crippen LogP) is 3.92. The second kappa shape index (κ2) is 4.71. The second-order valence-electron chi connectivity index (χ2n) is 6.90. The van der Waals surface area contributed by atoms with Gasteiger partial charge in [-0.1, -0.05) is 12.1 Å². The number of pyridine rings is 1. The van der Waals surface area contributed by atoms with Crippen molar-refractivity contribution in [3.05, 3.63) is 36.0 Å². The third-order valence-corrected chi connectivity index (χ3v) is 5.60. The monoisotopic (exact) mass is 307 g/mol. The van der Waals surface area contributed by atoms with Crippen molar-refractivity contribution in [3.63, 3.8) is 0 Å². The summed E-state index contributed by atoms with van der Waals surface area (Å²) in [4.78, 5) is 9.59. The lowest BCUT2D eigenvalue weighted by Gasteiger charge is -2.30. The van der Waals surface area contributed by atoms with Gasteiger partial charge < -0.3 is 9.32 Å². The van der Waals surface area contributed by atoms with Crippen molar-refractivity contribution in [2.45, 2.75) is 38.9 Å². The number of aryl methyl sites for hydroxylation is 1. The molecule has 0 N–H and O–H groups in total. The van der Waals surface area contributed by atoms with E-state index in [1.54, 1.807) is 6.20 Å². The van der Waals surface area contributed by atoms with Gasteiger partial charge in [0.15, 0.2) is 5.58 Å². The fraction of sp³-hybridized carbons (Fsp3) is 0.421.